The number of pyridine rings is 1. The molecule has 110 valence electrons. The molecule has 1 aromatic heterocycles. The van der Waals surface area contributed by atoms with Gasteiger partial charge in [-0.1, -0.05) is 12.8 Å². The molecule has 20 heavy (non-hydrogen) atoms. The Labute approximate surface area is 122 Å². The standard InChI is InChI=1S/C17H27N3/c1-13-9-15(11-18-16-7-8-16)10-17(19-13)20(2)12-14-5-3-4-6-14/h9-10,14,16,18H,3-8,11-12H2,1-2H3. The first-order valence-electron chi connectivity index (χ1n) is 8.13. The van der Waals surface area contributed by atoms with Crippen LogP contribution in [0.2, 0.25) is 0 Å². The molecule has 0 aliphatic heterocycles. The number of nitrogens with one attached hydrogen (secondary N) is 1. The zero-order valence-corrected chi connectivity index (χ0v) is 12.9. The highest BCUT2D eigenvalue weighted by atomic mass is 15.2. The van der Waals surface area contributed by atoms with Gasteiger partial charge in [-0.25, -0.2) is 4.98 Å². The molecule has 0 spiro atoms. The lowest BCUT2D eigenvalue weighted by Crippen LogP contribution is -2.25. The average Bonchev–Trinajstić information content (AvgIpc) is 3.12. The van der Waals surface area contributed by atoms with Crippen molar-refractivity contribution in [3.05, 3.63) is 23.4 Å². The first-order chi connectivity index (χ1) is 9.70. The van der Waals surface area contributed by atoms with Crippen molar-refractivity contribution in [2.45, 2.75) is 58.0 Å². The van der Waals surface area contributed by atoms with Gasteiger partial charge in [-0.15, -0.1) is 0 Å². The smallest absolute Gasteiger partial charge is 0.128 e. The third-order valence-electron chi connectivity index (χ3n) is 4.57. The number of hydrogen-bond acceptors (Lipinski definition) is 3. The summed E-state index contributed by atoms with van der Waals surface area (Å²) in [5.74, 6) is 2.01. The maximum atomic E-state index is 4.72. The zero-order valence-electron chi connectivity index (χ0n) is 12.9. The molecule has 0 atom stereocenters. The van der Waals surface area contributed by atoms with Gasteiger partial charge in [0.1, 0.15) is 5.82 Å². The topological polar surface area (TPSA) is 28.2 Å². The Balaban J connectivity index is 1.63. The van der Waals surface area contributed by atoms with Gasteiger partial charge in [-0.2, -0.15) is 0 Å². The Hall–Kier alpha value is -1.09. The molecule has 0 saturated heterocycles. The summed E-state index contributed by atoms with van der Waals surface area (Å²) in [7, 11) is 2.19. The summed E-state index contributed by atoms with van der Waals surface area (Å²) in [6.45, 7) is 4.25. The number of aryl methyl sites for hydroxylation is 1. The molecular weight excluding hydrogens is 246 g/mol. The molecule has 0 radical (unpaired) electrons. The van der Waals surface area contributed by atoms with Crippen molar-refractivity contribution in [3.63, 3.8) is 0 Å². The fourth-order valence-corrected chi connectivity index (χ4v) is 3.24. The van der Waals surface area contributed by atoms with Gasteiger partial charge in [0, 0.05) is 31.9 Å². The molecule has 0 amide bonds. The summed E-state index contributed by atoms with van der Waals surface area (Å²) < 4.78 is 0. The van der Waals surface area contributed by atoms with Gasteiger partial charge in [0.2, 0.25) is 0 Å². The molecule has 2 saturated carbocycles. The van der Waals surface area contributed by atoms with E-state index in [4.69, 9.17) is 4.98 Å². The fraction of sp³-hybridized carbons (Fsp3) is 0.706. The van der Waals surface area contributed by atoms with Crippen molar-refractivity contribution < 1.29 is 0 Å². The van der Waals surface area contributed by atoms with Gasteiger partial charge >= 0.3 is 0 Å². The molecular formula is C17H27N3. The summed E-state index contributed by atoms with van der Waals surface area (Å²) in [5.41, 5.74) is 2.51. The van der Waals surface area contributed by atoms with Crippen molar-refractivity contribution >= 4 is 5.82 Å². The van der Waals surface area contributed by atoms with Crippen LogP contribution in [0.25, 0.3) is 0 Å². The second-order valence-electron chi connectivity index (χ2n) is 6.66. The number of rotatable bonds is 6. The maximum Gasteiger partial charge on any atom is 0.128 e. The van der Waals surface area contributed by atoms with Gasteiger partial charge in [-0.05, 0) is 56.2 Å². The van der Waals surface area contributed by atoms with E-state index >= 15 is 0 Å². The van der Waals surface area contributed by atoms with Crippen LogP contribution in [0.5, 0.6) is 0 Å². The second-order valence-corrected chi connectivity index (χ2v) is 6.66. The number of nitrogens with zero attached hydrogens (tertiary/aromatic N) is 2. The molecule has 0 unspecified atom stereocenters. The minimum atomic E-state index is 0.767. The highest BCUT2D eigenvalue weighted by molar-refractivity contribution is 5.42. The first-order valence-corrected chi connectivity index (χ1v) is 8.13. The normalized spacial score (nSPS) is 19.5. The summed E-state index contributed by atoms with van der Waals surface area (Å²) in [4.78, 5) is 7.07. The van der Waals surface area contributed by atoms with Gasteiger partial charge in [-0.3, -0.25) is 0 Å². The molecule has 3 heteroatoms. The largest absolute Gasteiger partial charge is 0.359 e. The average molecular weight is 273 g/mol. The lowest BCUT2D eigenvalue weighted by molar-refractivity contribution is 0.544. The zero-order chi connectivity index (χ0) is 13.9. The van der Waals surface area contributed by atoms with E-state index in [2.05, 4.69) is 36.3 Å². The van der Waals surface area contributed by atoms with Crippen molar-refractivity contribution in [1.82, 2.24) is 10.3 Å². The van der Waals surface area contributed by atoms with E-state index in [1.807, 2.05) is 0 Å². The summed E-state index contributed by atoms with van der Waals surface area (Å²) in [6, 6.07) is 5.24. The van der Waals surface area contributed by atoms with Crippen LogP contribution < -0.4 is 10.2 Å². The van der Waals surface area contributed by atoms with Crippen LogP contribution in [-0.2, 0) is 6.54 Å². The number of aromatic nitrogens is 1. The SMILES string of the molecule is Cc1cc(CNC2CC2)cc(N(C)CC2CCCC2)n1. The predicted molar refractivity (Wildman–Crippen MR) is 84.1 cm³/mol. The molecule has 0 bridgehead atoms. The van der Waals surface area contributed by atoms with Crippen molar-refractivity contribution in [2.24, 2.45) is 5.92 Å². The molecule has 1 aromatic rings. The van der Waals surface area contributed by atoms with E-state index < -0.39 is 0 Å². The maximum absolute atomic E-state index is 4.72. The van der Waals surface area contributed by atoms with Crippen LogP contribution in [0, 0.1) is 12.8 Å². The number of anilines is 1. The molecule has 3 nitrogen and oxygen atoms in total. The van der Waals surface area contributed by atoms with Crippen LogP contribution in [-0.4, -0.2) is 24.6 Å². The van der Waals surface area contributed by atoms with E-state index in [1.165, 1.54) is 44.1 Å². The van der Waals surface area contributed by atoms with Crippen LogP contribution in [0.1, 0.15) is 49.8 Å². The van der Waals surface area contributed by atoms with Crippen molar-refractivity contribution in [1.29, 1.82) is 0 Å². The van der Waals surface area contributed by atoms with Crippen LogP contribution in [0.15, 0.2) is 12.1 Å². The lowest BCUT2D eigenvalue weighted by atomic mass is 10.1. The molecule has 2 aliphatic carbocycles. The van der Waals surface area contributed by atoms with E-state index in [0.29, 0.717) is 0 Å². The minimum Gasteiger partial charge on any atom is -0.359 e. The van der Waals surface area contributed by atoms with Gasteiger partial charge < -0.3 is 10.2 Å². The Morgan fingerprint density at radius 1 is 1.20 bits per heavy atom. The fourth-order valence-electron chi connectivity index (χ4n) is 3.24. The Kier molecular flexibility index (Phi) is 4.25. The van der Waals surface area contributed by atoms with E-state index in [0.717, 1.165) is 36.6 Å². The quantitative estimate of drug-likeness (QED) is 0.862. The highest BCUT2D eigenvalue weighted by Crippen LogP contribution is 2.27. The molecule has 3 rings (SSSR count). The third kappa shape index (κ3) is 3.72. The Bertz CT molecular complexity index is 448. The van der Waals surface area contributed by atoms with Gasteiger partial charge in [0.15, 0.2) is 0 Å². The first kappa shape index (κ1) is 13.9. The molecule has 2 aliphatic rings. The number of hydrogen-bond donors (Lipinski definition) is 1. The van der Waals surface area contributed by atoms with Crippen molar-refractivity contribution in [2.75, 3.05) is 18.5 Å². The molecule has 1 N–H and O–H groups in total. The highest BCUT2D eigenvalue weighted by Gasteiger charge is 2.20. The van der Waals surface area contributed by atoms with Crippen LogP contribution in [0.4, 0.5) is 5.82 Å². The molecule has 1 heterocycles. The second kappa shape index (κ2) is 6.13. The van der Waals surface area contributed by atoms with Gasteiger partial charge in [0.25, 0.3) is 0 Å². The van der Waals surface area contributed by atoms with E-state index in [1.54, 1.807) is 0 Å². The monoisotopic (exact) mass is 273 g/mol. The Morgan fingerprint density at radius 2 is 1.95 bits per heavy atom. The summed E-state index contributed by atoms with van der Waals surface area (Å²) in [5, 5.41) is 3.59. The third-order valence-corrected chi connectivity index (χ3v) is 4.57. The van der Waals surface area contributed by atoms with E-state index in [9.17, 15) is 0 Å². The Morgan fingerprint density at radius 3 is 2.65 bits per heavy atom. The summed E-state index contributed by atoms with van der Waals surface area (Å²) in [6.07, 6.45) is 8.31. The summed E-state index contributed by atoms with van der Waals surface area (Å²) >= 11 is 0. The minimum absolute atomic E-state index is 0.767. The van der Waals surface area contributed by atoms with Crippen LogP contribution in [0.3, 0.4) is 0 Å². The van der Waals surface area contributed by atoms with E-state index in [-0.39, 0.29) is 0 Å². The lowest BCUT2D eigenvalue weighted by Gasteiger charge is -2.23. The predicted octanol–water partition coefficient (Wildman–Crippen LogP) is 3.27. The molecule has 0 aromatic carbocycles. The van der Waals surface area contributed by atoms with Crippen molar-refractivity contribution in [3.8, 4) is 0 Å². The molecule has 2 fully saturated rings. The van der Waals surface area contributed by atoms with Gasteiger partial charge in [0.05, 0.1) is 0 Å². The van der Waals surface area contributed by atoms with Crippen LogP contribution >= 0.6 is 0 Å².